The first-order valence-electron chi connectivity index (χ1n) is 7.89. The van der Waals surface area contributed by atoms with E-state index in [1.807, 2.05) is 0 Å². The molecule has 1 aromatic heterocycles. The van der Waals surface area contributed by atoms with E-state index in [1.54, 1.807) is 20.8 Å². The van der Waals surface area contributed by atoms with Crippen LogP contribution in [0.5, 0.6) is 0 Å². The van der Waals surface area contributed by atoms with Crippen LogP contribution in [0.3, 0.4) is 0 Å². The number of hydrogen-bond donors (Lipinski definition) is 1. The van der Waals surface area contributed by atoms with Crippen molar-refractivity contribution in [3.63, 3.8) is 0 Å². The van der Waals surface area contributed by atoms with Gasteiger partial charge in [0.1, 0.15) is 17.1 Å². The first-order chi connectivity index (χ1) is 11.4. The van der Waals surface area contributed by atoms with Gasteiger partial charge in [-0.2, -0.15) is 13.2 Å². The summed E-state index contributed by atoms with van der Waals surface area (Å²) in [4.78, 5) is 17.0. The monoisotopic (exact) mass is 363 g/mol. The molecule has 0 radical (unpaired) electrons. The number of pyridine rings is 1. The summed E-state index contributed by atoms with van der Waals surface area (Å²) < 4.78 is 57.5. The topological polar surface area (TPSA) is 68.5 Å². The largest absolute Gasteiger partial charge is 0.444 e. The van der Waals surface area contributed by atoms with Crippen LogP contribution in [0.25, 0.3) is 0 Å². The van der Waals surface area contributed by atoms with E-state index in [2.05, 4.69) is 4.98 Å². The summed E-state index contributed by atoms with van der Waals surface area (Å²) in [6.07, 6.45) is -4.57. The molecule has 1 saturated heterocycles. The predicted molar refractivity (Wildman–Crippen MR) is 83.4 cm³/mol. The highest BCUT2D eigenvalue weighted by atomic mass is 19.4. The molecule has 25 heavy (non-hydrogen) atoms. The quantitative estimate of drug-likeness (QED) is 0.768. The van der Waals surface area contributed by atoms with Crippen molar-refractivity contribution in [1.29, 1.82) is 0 Å². The number of halogens is 4. The summed E-state index contributed by atoms with van der Waals surface area (Å²) in [5.41, 5.74) is 3.18. The van der Waals surface area contributed by atoms with Crippen LogP contribution in [0.1, 0.15) is 50.9 Å². The summed E-state index contributed by atoms with van der Waals surface area (Å²) in [7, 11) is 0. The predicted octanol–water partition coefficient (Wildman–Crippen LogP) is 3.94. The Balaban J connectivity index is 2.13. The minimum absolute atomic E-state index is 0.101. The van der Waals surface area contributed by atoms with Gasteiger partial charge in [0, 0.05) is 25.1 Å². The van der Waals surface area contributed by atoms with Crippen LogP contribution >= 0.6 is 0 Å². The number of aromatic nitrogens is 1. The zero-order valence-corrected chi connectivity index (χ0v) is 14.3. The van der Waals surface area contributed by atoms with Crippen molar-refractivity contribution >= 4 is 11.8 Å². The van der Waals surface area contributed by atoms with Crippen LogP contribution in [0, 0.1) is 5.82 Å². The summed E-state index contributed by atoms with van der Waals surface area (Å²) in [5.74, 6) is -1.58. The Morgan fingerprint density at radius 2 is 1.84 bits per heavy atom. The molecule has 0 spiro atoms. The normalized spacial score (nSPS) is 16.8. The van der Waals surface area contributed by atoms with Gasteiger partial charge in [-0.15, -0.1) is 0 Å². The first-order valence-corrected chi connectivity index (χ1v) is 7.89. The molecule has 9 heteroatoms. The van der Waals surface area contributed by atoms with E-state index < -0.39 is 35.3 Å². The fraction of sp³-hybridized carbons (Fsp3) is 0.625. The third kappa shape index (κ3) is 4.73. The van der Waals surface area contributed by atoms with Gasteiger partial charge >= 0.3 is 12.3 Å². The number of anilines is 1. The fourth-order valence-corrected chi connectivity index (χ4v) is 2.66. The Kier molecular flexibility index (Phi) is 5.15. The van der Waals surface area contributed by atoms with Gasteiger partial charge in [0.15, 0.2) is 0 Å². The second kappa shape index (κ2) is 6.68. The molecule has 1 aliphatic heterocycles. The number of rotatable bonds is 1. The molecule has 1 aromatic rings. The lowest BCUT2D eigenvalue weighted by molar-refractivity contribution is -0.141. The lowest BCUT2D eigenvalue weighted by atomic mass is 9.92. The van der Waals surface area contributed by atoms with Gasteiger partial charge in [0.25, 0.3) is 0 Å². The van der Waals surface area contributed by atoms with Crippen molar-refractivity contribution in [3.05, 3.63) is 23.3 Å². The summed E-state index contributed by atoms with van der Waals surface area (Å²) in [6.45, 7) is 5.78. The number of carbonyl (C=O) groups is 1. The molecule has 2 heterocycles. The smallest absolute Gasteiger partial charge is 0.433 e. The Bertz CT molecular complexity index is 648. The minimum Gasteiger partial charge on any atom is -0.444 e. The van der Waals surface area contributed by atoms with E-state index in [0.717, 1.165) is 0 Å². The zero-order chi connectivity index (χ0) is 19.0. The van der Waals surface area contributed by atoms with Crippen LogP contribution in [-0.2, 0) is 10.9 Å². The van der Waals surface area contributed by atoms with Gasteiger partial charge in [-0.1, -0.05) is 0 Å². The third-order valence-electron chi connectivity index (χ3n) is 3.86. The number of nitrogens with zero attached hydrogens (tertiary/aromatic N) is 2. The third-order valence-corrected chi connectivity index (χ3v) is 3.86. The number of carbonyl (C=O) groups excluding carboxylic acids is 1. The lowest BCUT2D eigenvalue weighted by Gasteiger charge is -2.33. The lowest BCUT2D eigenvalue weighted by Crippen LogP contribution is -2.41. The molecule has 2 rings (SSSR count). The Labute approximate surface area is 143 Å². The molecule has 1 amide bonds. The molecule has 140 valence electrons. The van der Waals surface area contributed by atoms with Crippen LogP contribution in [-0.4, -0.2) is 34.7 Å². The average molecular weight is 363 g/mol. The fourth-order valence-electron chi connectivity index (χ4n) is 2.66. The Morgan fingerprint density at radius 1 is 1.28 bits per heavy atom. The summed E-state index contributed by atoms with van der Waals surface area (Å²) in [6, 6.07) is 0.300. The van der Waals surface area contributed by atoms with Gasteiger partial charge in [-0.05, 0) is 33.6 Å². The van der Waals surface area contributed by atoms with Gasteiger partial charge in [-0.25, -0.2) is 14.2 Å². The number of hydrogen-bond acceptors (Lipinski definition) is 4. The summed E-state index contributed by atoms with van der Waals surface area (Å²) in [5, 5.41) is 0. The molecule has 2 N–H and O–H groups in total. The van der Waals surface area contributed by atoms with Crippen LogP contribution < -0.4 is 5.73 Å². The molecule has 5 nitrogen and oxygen atoms in total. The van der Waals surface area contributed by atoms with Crippen molar-refractivity contribution in [2.24, 2.45) is 0 Å². The summed E-state index contributed by atoms with van der Waals surface area (Å²) >= 11 is 0. The van der Waals surface area contributed by atoms with E-state index in [1.165, 1.54) is 4.90 Å². The molecule has 0 aliphatic carbocycles. The molecular formula is C16H21F4N3O2. The van der Waals surface area contributed by atoms with Crippen molar-refractivity contribution in [2.75, 3.05) is 18.8 Å². The number of ether oxygens (including phenoxy) is 1. The number of nitrogens with two attached hydrogens (primary N) is 1. The highest BCUT2D eigenvalue weighted by Gasteiger charge is 2.36. The molecule has 0 bridgehead atoms. The van der Waals surface area contributed by atoms with Crippen LogP contribution in [0.2, 0.25) is 0 Å². The second-order valence-electron chi connectivity index (χ2n) is 7.03. The van der Waals surface area contributed by atoms with Crippen molar-refractivity contribution in [2.45, 2.75) is 51.3 Å². The maximum atomic E-state index is 13.8. The number of alkyl halides is 3. The molecule has 0 atom stereocenters. The van der Waals surface area contributed by atoms with Crippen LogP contribution in [0.15, 0.2) is 6.07 Å². The van der Waals surface area contributed by atoms with E-state index in [0.29, 0.717) is 18.9 Å². The minimum atomic E-state index is -4.75. The average Bonchev–Trinajstić information content (AvgIpc) is 2.47. The van der Waals surface area contributed by atoms with Crippen molar-refractivity contribution in [3.8, 4) is 0 Å². The van der Waals surface area contributed by atoms with Crippen molar-refractivity contribution < 1.29 is 27.1 Å². The highest BCUT2D eigenvalue weighted by Crippen LogP contribution is 2.36. The molecule has 1 fully saturated rings. The number of nitrogen functional groups attached to an aromatic ring is 1. The Morgan fingerprint density at radius 3 is 2.32 bits per heavy atom. The van der Waals surface area contributed by atoms with Gasteiger partial charge in [0.05, 0.1) is 11.4 Å². The molecule has 0 unspecified atom stereocenters. The maximum Gasteiger partial charge on any atom is 0.433 e. The van der Waals surface area contributed by atoms with E-state index in [-0.39, 0.29) is 24.5 Å². The second-order valence-corrected chi connectivity index (χ2v) is 7.03. The van der Waals surface area contributed by atoms with Gasteiger partial charge in [0.2, 0.25) is 0 Å². The molecule has 0 saturated carbocycles. The van der Waals surface area contributed by atoms with E-state index in [9.17, 15) is 22.4 Å². The standard InChI is InChI=1S/C16H21F4N3O2/c1-15(2,3)25-14(24)23-6-4-9(5-7-23)13-12(21)10(17)8-11(22-13)16(18,19)20/h8-9H,4-7,21H2,1-3H3. The molecular weight excluding hydrogens is 342 g/mol. The van der Waals surface area contributed by atoms with Crippen LogP contribution in [0.4, 0.5) is 28.0 Å². The maximum absolute atomic E-state index is 13.8. The zero-order valence-electron chi connectivity index (χ0n) is 14.3. The number of piperidine rings is 1. The molecule has 0 aromatic carbocycles. The van der Waals surface area contributed by atoms with Crippen molar-refractivity contribution in [1.82, 2.24) is 9.88 Å². The van der Waals surface area contributed by atoms with E-state index >= 15 is 0 Å². The number of amides is 1. The SMILES string of the molecule is CC(C)(C)OC(=O)N1CCC(c2nc(C(F)(F)F)cc(F)c2N)CC1. The van der Waals surface area contributed by atoms with Gasteiger partial charge < -0.3 is 15.4 Å². The Hall–Kier alpha value is -2.06. The van der Waals surface area contributed by atoms with E-state index in [4.69, 9.17) is 10.5 Å². The van der Waals surface area contributed by atoms with Gasteiger partial charge in [-0.3, -0.25) is 0 Å². The highest BCUT2D eigenvalue weighted by molar-refractivity contribution is 5.68. The molecule has 1 aliphatic rings. The first kappa shape index (κ1) is 19.3. The number of likely N-dealkylation sites (tertiary alicyclic amines) is 1.